The molecule has 0 spiro atoms. The number of ether oxygens (including phenoxy) is 1. The van der Waals surface area contributed by atoms with E-state index in [9.17, 15) is 0 Å². The van der Waals surface area contributed by atoms with Crippen LogP contribution in [-0.4, -0.2) is 6.61 Å². The molecule has 1 aliphatic rings. The van der Waals surface area contributed by atoms with Gasteiger partial charge in [0.25, 0.3) is 0 Å². The first-order valence-corrected chi connectivity index (χ1v) is 5.04. The zero-order valence-electron chi connectivity index (χ0n) is 8.29. The molecular weight excluding hydrogens is 160 g/mol. The highest BCUT2D eigenvalue weighted by molar-refractivity contribution is 5.37. The van der Waals surface area contributed by atoms with Crippen LogP contribution in [0.3, 0.4) is 0 Å². The summed E-state index contributed by atoms with van der Waals surface area (Å²) >= 11 is 0. The maximum Gasteiger partial charge on any atom is 0.122 e. The Morgan fingerprint density at radius 2 is 2.15 bits per heavy atom. The molecule has 0 amide bonds. The number of fused-ring (bicyclic) bond motifs is 1. The smallest absolute Gasteiger partial charge is 0.122 e. The molecule has 13 heavy (non-hydrogen) atoms. The monoisotopic (exact) mass is 176 g/mol. The fourth-order valence-corrected chi connectivity index (χ4v) is 2.05. The molecule has 1 aromatic carbocycles. The second-order valence-electron chi connectivity index (χ2n) is 3.81. The van der Waals surface area contributed by atoms with Gasteiger partial charge in [0.15, 0.2) is 0 Å². The van der Waals surface area contributed by atoms with Gasteiger partial charge in [-0.3, -0.25) is 0 Å². The Morgan fingerprint density at radius 3 is 2.92 bits per heavy atom. The van der Waals surface area contributed by atoms with E-state index in [1.165, 1.54) is 12.0 Å². The quantitative estimate of drug-likeness (QED) is 0.638. The van der Waals surface area contributed by atoms with Gasteiger partial charge in [0.05, 0.1) is 6.61 Å². The molecule has 0 saturated heterocycles. The van der Waals surface area contributed by atoms with Crippen molar-refractivity contribution >= 4 is 0 Å². The van der Waals surface area contributed by atoms with Gasteiger partial charge in [0, 0.05) is 0 Å². The molecule has 1 aliphatic heterocycles. The Hall–Kier alpha value is -0.980. The van der Waals surface area contributed by atoms with Crippen LogP contribution in [0, 0.1) is 5.92 Å². The molecule has 0 aliphatic carbocycles. The van der Waals surface area contributed by atoms with Gasteiger partial charge in [0.1, 0.15) is 5.75 Å². The Labute approximate surface area is 79.7 Å². The van der Waals surface area contributed by atoms with E-state index < -0.39 is 0 Å². The van der Waals surface area contributed by atoms with Crippen molar-refractivity contribution in [3.63, 3.8) is 0 Å². The van der Waals surface area contributed by atoms with E-state index in [1.807, 2.05) is 6.07 Å². The first kappa shape index (κ1) is 8.61. The van der Waals surface area contributed by atoms with E-state index in [4.69, 9.17) is 4.74 Å². The second-order valence-corrected chi connectivity index (χ2v) is 3.81. The summed E-state index contributed by atoms with van der Waals surface area (Å²) in [7, 11) is 0. The number of benzene rings is 1. The molecule has 0 unspecified atom stereocenters. The molecule has 0 aromatic heterocycles. The Balaban J connectivity index is 2.33. The maximum absolute atomic E-state index is 5.70. The lowest BCUT2D eigenvalue weighted by atomic mass is 9.84. The van der Waals surface area contributed by atoms with Crippen molar-refractivity contribution in [1.82, 2.24) is 0 Å². The Kier molecular flexibility index (Phi) is 2.26. The Bertz CT molecular complexity index is 293. The van der Waals surface area contributed by atoms with Crippen LogP contribution in [-0.2, 0) is 0 Å². The first-order valence-electron chi connectivity index (χ1n) is 5.04. The van der Waals surface area contributed by atoms with Gasteiger partial charge < -0.3 is 4.74 Å². The molecular formula is C12H16O. The van der Waals surface area contributed by atoms with Crippen LogP contribution >= 0.6 is 0 Å². The van der Waals surface area contributed by atoms with E-state index in [1.54, 1.807) is 0 Å². The van der Waals surface area contributed by atoms with Gasteiger partial charge in [-0.05, 0) is 29.9 Å². The minimum Gasteiger partial charge on any atom is -0.493 e. The fraction of sp³-hybridized carbons (Fsp3) is 0.500. The summed E-state index contributed by atoms with van der Waals surface area (Å²) in [5, 5.41) is 0. The lowest BCUT2D eigenvalue weighted by molar-refractivity contribution is 0.195. The van der Waals surface area contributed by atoms with Gasteiger partial charge in [-0.15, -0.1) is 0 Å². The van der Waals surface area contributed by atoms with Crippen molar-refractivity contribution in [2.24, 2.45) is 5.92 Å². The topological polar surface area (TPSA) is 9.23 Å². The average molecular weight is 176 g/mol. The number of rotatable bonds is 1. The SMILES string of the molecule is CC[C@@H]1COc2ccccc2[C@H]1C. The van der Waals surface area contributed by atoms with Crippen molar-refractivity contribution in [2.75, 3.05) is 6.61 Å². The highest BCUT2D eigenvalue weighted by atomic mass is 16.5. The lowest BCUT2D eigenvalue weighted by Gasteiger charge is -2.30. The molecule has 0 radical (unpaired) electrons. The zero-order valence-corrected chi connectivity index (χ0v) is 8.29. The minimum absolute atomic E-state index is 0.648. The van der Waals surface area contributed by atoms with Crippen molar-refractivity contribution in [1.29, 1.82) is 0 Å². The number of hydrogen-bond donors (Lipinski definition) is 0. The summed E-state index contributed by atoms with van der Waals surface area (Å²) in [5.74, 6) is 2.42. The fourth-order valence-electron chi connectivity index (χ4n) is 2.05. The maximum atomic E-state index is 5.70. The van der Waals surface area contributed by atoms with Crippen LogP contribution in [0.4, 0.5) is 0 Å². The molecule has 1 nitrogen and oxygen atoms in total. The predicted molar refractivity (Wildman–Crippen MR) is 54.1 cm³/mol. The van der Waals surface area contributed by atoms with Gasteiger partial charge in [-0.25, -0.2) is 0 Å². The van der Waals surface area contributed by atoms with Crippen molar-refractivity contribution in [2.45, 2.75) is 26.2 Å². The van der Waals surface area contributed by atoms with Gasteiger partial charge in [-0.1, -0.05) is 32.0 Å². The highest BCUT2D eigenvalue weighted by Gasteiger charge is 2.25. The van der Waals surface area contributed by atoms with E-state index in [0.29, 0.717) is 11.8 Å². The molecule has 1 aromatic rings. The molecule has 0 N–H and O–H groups in total. The van der Waals surface area contributed by atoms with Crippen LogP contribution in [0.5, 0.6) is 5.75 Å². The Morgan fingerprint density at radius 1 is 1.38 bits per heavy atom. The van der Waals surface area contributed by atoms with Crippen LogP contribution < -0.4 is 4.74 Å². The first-order chi connectivity index (χ1) is 6.33. The molecule has 70 valence electrons. The third kappa shape index (κ3) is 1.43. The van der Waals surface area contributed by atoms with E-state index >= 15 is 0 Å². The third-order valence-electron chi connectivity index (χ3n) is 3.09. The van der Waals surface area contributed by atoms with Crippen LogP contribution in [0.2, 0.25) is 0 Å². The average Bonchev–Trinajstić information content (AvgIpc) is 2.19. The van der Waals surface area contributed by atoms with Crippen LogP contribution in [0.1, 0.15) is 31.7 Å². The summed E-state index contributed by atoms with van der Waals surface area (Å²) in [6.07, 6.45) is 1.20. The molecule has 1 heterocycles. The molecule has 2 rings (SSSR count). The summed E-state index contributed by atoms with van der Waals surface area (Å²) in [6.45, 7) is 5.42. The normalized spacial score (nSPS) is 26.3. The van der Waals surface area contributed by atoms with Crippen LogP contribution in [0.15, 0.2) is 24.3 Å². The molecule has 1 heteroatoms. The minimum atomic E-state index is 0.648. The van der Waals surface area contributed by atoms with Crippen molar-refractivity contribution in [3.8, 4) is 5.75 Å². The molecule has 2 atom stereocenters. The molecule has 0 fully saturated rings. The van der Waals surface area contributed by atoms with E-state index in [2.05, 4.69) is 32.0 Å². The molecule has 0 bridgehead atoms. The summed E-state index contributed by atoms with van der Waals surface area (Å²) < 4.78 is 5.70. The number of hydrogen-bond acceptors (Lipinski definition) is 1. The predicted octanol–water partition coefficient (Wildman–Crippen LogP) is 3.21. The molecule has 0 saturated carbocycles. The lowest BCUT2D eigenvalue weighted by Crippen LogP contribution is -2.23. The summed E-state index contributed by atoms with van der Waals surface area (Å²) in [4.78, 5) is 0. The van der Waals surface area contributed by atoms with E-state index in [0.717, 1.165) is 12.4 Å². The van der Waals surface area contributed by atoms with Gasteiger partial charge in [-0.2, -0.15) is 0 Å². The second kappa shape index (κ2) is 3.41. The summed E-state index contributed by atoms with van der Waals surface area (Å²) in [6, 6.07) is 8.38. The third-order valence-corrected chi connectivity index (χ3v) is 3.09. The van der Waals surface area contributed by atoms with Crippen molar-refractivity contribution in [3.05, 3.63) is 29.8 Å². The van der Waals surface area contributed by atoms with Gasteiger partial charge >= 0.3 is 0 Å². The largest absolute Gasteiger partial charge is 0.493 e. The number of para-hydroxylation sites is 1. The van der Waals surface area contributed by atoms with Crippen LogP contribution in [0.25, 0.3) is 0 Å². The van der Waals surface area contributed by atoms with Crippen molar-refractivity contribution < 1.29 is 4.74 Å². The zero-order chi connectivity index (χ0) is 9.26. The highest BCUT2D eigenvalue weighted by Crippen LogP contribution is 2.37. The van der Waals surface area contributed by atoms with E-state index in [-0.39, 0.29) is 0 Å². The standard InChI is InChI=1S/C12H16O/c1-3-10-8-13-12-7-5-4-6-11(12)9(10)2/h4-7,9-10H,3,8H2,1-2H3/t9-,10+/m0/s1. The summed E-state index contributed by atoms with van der Waals surface area (Å²) in [5.41, 5.74) is 1.38. The van der Waals surface area contributed by atoms with Gasteiger partial charge in [0.2, 0.25) is 0 Å².